The molecule has 0 aromatic carbocycles. The van der Waals surface area contributed by atoms with Crippen LogP contribution in [0.15, 0.2) is 0 Å². The second-order valence-corrected chi connectivity index (χ2v) is 5.00. The monoisotopic (exact) mass is 213 g/mol. The smallest absolute Gasteiger partial charge is 0.0220 e. The first-order valence-electron chi connectivity index (χ1n) is 6.25. The summed E-state index contributed by atoms with van der Waals surface area (Å²) in [7, 11) is 4.49. The Morgan fingerprint density at radius 1 is 1.53 bits per heavy atom. The molecule has 3 nitrogen and oxygen atoms in total. The standard InChI is InChI=1S/C12H27N3/c1-11(6-4-8-13)15(3)10-12-7-5-9-14(12)2/h11-12H,4-10,13H2,1-3H3. The van der Waals surface area contributed by atoms with Gasteiger partial charge in [-0.3, -0.25) is 0 Å². The van der Waals surface area contributed by atoms with Crippen molar-refractivity contribution in [3.8, 4) is 0 Å². The lowest BCUT2D eigenvalue weighted by Crippen LogP contribution is -2.40. The van der Waals surface area contributed by atoms with Crippen LogP contribution in [0.25, 0.3) is 0 Å². The molecular weight excluding hydrogens is 186 g/mol. The minimum Gasteiger partial charge on any atom is -0.330 e. The van der Waals surface area contributed by atoms with E-state index >= 15 is 0 Å². The van der Waals surface area contributed by atoms with Gasteiger partial charge in [0.25, 0.3) is 0 Å². The molecule has 1 aliphatic rings. The molecule has 0 spiro atoms. The van der Waals surface area contributed by atoms with Gasteiger partial charge < -0.3 is 15.5 Å². The number of likely N-dealkylation sites (N-methyl/N-ethyl adjacent to an activating group) is 2. The Hall–Kier alpha value is -0.120. The molecule has 0 radical (unpaired) electrons. The van der Waals surface area contributed by atoms with E-state index in [9.17, 15) is 0 Å². The van der Waals surface area contributed by atoms with Gasteiger partial charge in [-0.05, 0) is 59.8 Å². The molecule has 1 saturated heterocycles. The van der Waals surface area contributed by atoms with Crippen molar-refractivity contribution in [2.45, 2.75) is 44.7 Å². The summed E-state index contributed by atoms with van der Waals surface area (Å²) in [6.07, 6.45) is 5.10. The van der Waals surface area contributed by atoms with Crippen molar-refractivity contribution in [2.75, 3.05) is 33.7 Å². The Kier molecular flexibility index (Phi) is 5.58. The van der Waals surface area contributed by atoms with E-state index in [0.29, 0.717) is 6.04 Å². The molecule has 0 bridgehead atoms. The van der Waals surface area contributed by atoms with Crippen LogP contribution < -0.4 is 5.73 Å². The van der Waals surface area contributed by atoms with Crippen LogP contribution in [-0.2, 0) is 0 Å². The molecule has 2 unspecified atom stereocenters. The normalized spacial score (nSPS) is 25.0. The van der Waals surface area contributed by atoms with Crippen molar-refractivity contribution >= 4 is 0 Å². The zero-order valence-corrected chi connectivity index (χ0v) is 10.6. The number of likely N-dealkylation sites (tertiary alicyclic amines) is 1. The Labute approximate surface area is 94.6 Å². The Bertz CT molecular complexity index is 172. The van der Waals surface area contributed by atoms with E-state index in [2.05, 4.69) is 30.8 Å². The van der Waals surface area contributed by atoms with Crippen molar-refractivity contribution in [1.82, 2.24) is 9.80 Å². The van der Waals surface area contributed by atoms with Gasteiger partial charge in [-0.25, -0.2) is 0 Å². The summed E-state index contributed by atoms with van der Waals surface area (Å²) in [5, 5.41) is 0. The van der Waals surface area contributed by atoms with Crippen molar-refractivity contribution in [3.63, 3.8) is 0 Å². The molecule has 1 aliphatic heterocycles. The molecule has 2 atom stereocenters. The van der Waals surface area contributed by atoms with Crippen molar-refractivity contribution in [1.29, 1.82) is 0 Å². The third kappa shape index (κ3) is 4.09. The van der Waals surface area contributed by atoms with Crippen LogP contribution in [0.1, 0.15) is 32.6 Å². The summed E-state index contributed by atoms with van der Waals surface area (Å²) in [4.78, 5) is 4.98. The van der Waals surface area contributed by atoms with Crippen LogP contribution in [-0.4, -0.2) is 55.6 Å². The lowest BCUT2D eigenvalue weighted by Gasteiger charge is -2.30. The molecule has 1 heterocycles. The van der Waals surface area contributed by atoms with Gasteiger partial charge in [0.1, 0.15) is 0 Å². The molecule has 0 aromatic rings. The fourth-order valence-corrected chi connectivity index (χ4v) is 2.36. The highest BCUT2D eigenvalue weighted by Crippen LogP contribution is 2.16. The van der Waals surface area contributed by atoms with Gasteiger partial charge in [-0.2, -0.15) is 0 Å². The first kappa shape index (κ1) is 12.9. The predicted molar refractivity (Wildman–Crippen MR) is 66.0 cm³/mol. The van der Waals surface area contributed by atoms with E-state index in [1.54, 1.807) is 0 Å². The van der Waals surface area contributed by atoms with Gasteiger partial charge in [-0.15, -0.1) is 0 Å². The predicted octanol–water partition coefficient (Wildman–Crippen LogP) is 1.14. The Morgan fingerprint density at radius 2 is 2.27 bits per heavy atom. The molecule has 15 heavy (non-hydrogen) atoms. The van der Waals surface area contributed by atoms with E-state index in [1.807, 2.05) is 0 Å². The number of hydrogen-bond donors (Lipinski definition) is 1. The lowest BCUT2D eigenvalue weighted by atomic mass is 10.1. The number of nitrogens with two attached hydrogens (primary N) is 1. The van der Waals surface area contributed by atoms with Gasteiger partial charge in [0.2, 0.25) is 0 Å². The van der Waals surface area contributed by atoms with Crippen LogP contribution in [0.5, 0.6) is 0 Å². The topological polar surface area (TPSA) is 32.5 Å². The van der Waals surface area contributed by atoms with Gasteiger partial charge >= 0.3 is 0 Å². The third-order valence-corrected chi connectivity index (χ3v) is 3.75. The summed E-state index contributed by atoms with van der Waals surface area (Å²) in [6, 6.07) is 1.44. The van der Waals surface area contributed by atoms with Gasteiger partial charge in [-0.1, -0.05) is 0 Å². The van der Waals surface area contributed by atoms with E-state index < -0.39 is 0 Å². The molecule has 3 heteroatoms. The average Bonchev–Trinajstić information content (AvgIpc) is 2.61. The molecule has 1 rings (SSSR count). The molecule has 0 saturated carbocycles. The summed E-state index contributed by atoms with van der Waals surface area (Å²) < 4.78 is 0. The molecule has 0 amide bonds. The van der Waals surface area contributed by atoms with E-state index in [4.69, 9.17) is 5.73 Å². The largest absolute Gasteiger partial charge is 0.330 e. The average molecular weight is 213 g/mol. The van der Waals surface area contributed by atoms with Crippen LogP contribution in [0, 0.1) is 0 Å². The summed E-state index contributed by atoms with van der Waals surface area (Å²) in [5.41, 5.74) is 5.54. The molecule has 0 aliphatic carbocycles. The van der Waals surface area contributed by atoms with Crippen LogP contribution in [0.2, 0.25) is 0 Å². The minimum absolute atomic E-state index is 0.669. The Balaban J connectivity index is 2.24. The molecule has 2 N–H and O–H groups in total. The van der Waals surface area contributed by atoms with E-state index in [0.717, 1.165) is 19.0 Å². The highest BCUT2D eigenvalue weighted by molar-refractivity contribution is 4.80. The summed E-state index contributed by atoms with van der Waals surface area (Å²) in [6.45, 7) is 5.62. The van der Waals surface area contributed by atoms with Gasteiger partial charge in [0.15, 0.2) is 0 Å². The number of hydrogen-bond acceptors (Lipinski definition) is 3. The molecule has 90 valence electrons. The lowest BCUT2D eigenvalue weighted by molar-refractivity contribution is 0.177. The van der Waals surface area contributed by atoms with Crippen LogP contribution in [0.3, 0.4) is 0 Å². The number of nitrogens with zero attached hydrogens (tertiary/aromatic N) is 2. The minimum atomic E-state index is 0.669. The van der Waals surface area contributed by atoms with E-state index in [-0.39, 0.29) is 0 Å². The molecule has 1 fully saturated rings. The quantitative estimate of drug-likeness (QED) is 0.718. The first-order valence-corrected chi connectivity index (χ1v) is 6.25. The zero-order valence-electron chi connectivity index (χ0n) is 10.6. The van der Waals surface area contributed by atoms with Gasteiger partial charge in [0, 0.05) is 18.6 Å². The molecule has 0 aromatic heterocycles. The second-order valence-electron chi connectivity index (χ2n) is 5.00. The maximum atomic E-state index is 5.54. The van der Waals surface area contributed by atoms with Crippen LogP contribution >= 0.6 is 0 Å². The van der Waals surface area contributed by atoms with Crippen molar-refractivity contribution < 1.29 is 0 Å². The Morgan fingerprint density at radius 3 is 2.80 bits per heavy atom. The third-order valence-electron chi connectivity index (χ3n) is 3.75. The van der Waals surface area contributed by atoms with E-state index in [1.165, 1.54) is 32.4 Å². The summed E-state index contributed by atoms with van der Waals surface area (Å²) >= 11 is 0. The second kappa shape index (κ2) is 6.46. The maximum Gasteiger partial charge on any atom is 0.0220 e. The zero-order chi connectivity index (χ0) is 11.3. The summed E-state index contributed by atoms with van der Waals surface area (Å²) in [5.74, 6) is 0. The highest BCUT2D eigenvalue weighted by Gasteiger charge is 2.23. The van der Waals surface area contributed by atoms with Gasteiger partial charge in [0.05, 0.1) is 0 Å². The van der Waals surface area contributed by atoms with Crippen molar-refractivity contribution in [2.24, 2.45) is 5.73 Å². The number of rotatable bonds is 6. The fraction of sp³-hybridized carbons (Fsp3) is 1.00. The molecular formula is C12H27N3. The maximum absolute atomic E-state index is 5.54. The first-order chi connectivity index (χ1) is 7.15. The van der Waals surface area contributed by atoms with Crippen LogP contribution in [0.4, 0.5) is 0 Å². The van der Waals surface area contributed by atoms with Crippen molar-refractivity contribution in [3.05, 3.63) is 0 Å². The fourth-order valence-electron chi connectivity index (χ4n) is 2.36. The highest BCUT2D eigenvalue weighted by atomic mass is 15.2. The SMILES string of the molecule is CC(CCCN)N(C)CC1CCCN1C.